The summed E-state index contributed by atoms with van der Waals surface area (Å²) in [7, 11) is 0. The van der Waals surface area contributed by atoms with Gasteiger partial charge in [0.15, 0.2) is 6.04 Å². The molecular weight excluding hydrogens is 429 g/mol. The Hall–Kier alpha value is -2.66. The smallest absolute Gasteiger partial charge is 0.370 e. The van der Waals surface area contributed by atoms with Crippen molar-refractivity contribution in [2.24, 2.45) is 11.7 Å². The molecule has 3 N–H and O–H groups in total. The number of primary amides is 1. The van der Waals surface area contributed by atoms with Crippen molar-refractivity contribution in [1.82, 2.24) is 4.90 Å². The number of nitrogens with zero attached hydrogens (tertiary/aromatic N) is 2. The summed E-state index contributed by atoms with van der Waals surface area (Å²) in [6.45, 7) is 0.389. The molecule has 2 saturated carbocycles. The molecular formula is C21H25F3N4O4. The van der Waals surface area contributed by atoms with Crippen molar-refractivity contribution in [3.8, 4) is 0 Å². The molecule has 8 nitrogen and oxygen atoms in total. The fraction of sp³-hybridized carbons (Fsp3) is 0.571. The Bertz CT molecular complexity index is 915. The highest BCUT2D eigenvalue weighted by Gasteiger charge is 2.43. The lowest BCUT2D eigenvalue weighted by molar-refractivity contribution is -0.138. The van der Waals surface area contributed by atoms with Gasteiger partial charge in [0.25, 0.3) is 11.8 Å². The predicted molar refractivity (Wildman–Crippen MR) is 109 cm³/mol. The van der Waals surface area contributed by atoms with Gasteiger partial charge in [0, 0.05) is 24.8 Å². The highest BCUT2D eigenvalue weighted by atomic mass is 19.4. The van der Waals surface area contributed by atoms with Crippen molar-refractivity contribution < 1.29 is 32.3 Å². The van der Waals surface area contributed by atoms with E-state index in [2.05, 4.69) is 5.32 Å². The number of amides is 3. The topological polar surface area (TPSA) is 105 Å². The summed E-state index contributed by atoms with van der Waals surface area (Å²) in [6.07, 6.45) is -1.02. The molecule has 0 spiro atoms. The van der Waals surface area contributed by atoms with Crippen LogP contribution in [0.5, 0.6) is 0 Å². The minimum Gasteiger partial charge on any atom is -0.370 e. The molecule has 174 valence electrons. The van der Waals surface area contributed by atoms with Gasteiger partial charge in [-0.2, -0.15) is 13.2 Å². The van der Waals surface area contributed by atoms with Crippen LogP contribution < -0.4 is 16.0 Å². The fourth-order valence-electron chi connectivity index (χ4n) is 3.97. The van der Waals surface area contributed by atoms with Crippen molar-refractivity contribution >= 4 is 29.1 Å². The van der Waals surface area contributed by atoms with Crippen LogP contribution in [0.2, 0.25) is 0 Å². The van der Waals surface area contributed by atoms with E-state index in [-0.39, 0.29) is 37.2 Å². The summed E-state index contributed by atoms with van der Waals surface area (Å²) in [5.74, 6) is -1.75. The molecule has 0 radical (unpaired) electrons. The molecule has 32 heavy (non-hydrogen) atoms. The summed E-state index contributed by atoms with van der Waals surface area (Å²) < 4.78 is 46.3. The quantitative estimate of drug-likeness (QED) is 0.583. The van der Waals surface area contributed by atoms with Crippen molar-refractivity contribution in [1.29, 1.82) is 0 Å². The molecule has 11 heteroatoms. The van der Waals surface area contributed by atoms with Gasteiger partial charge in [-0.05, 0) is 49.8 Å². The van der Waals surface area contributed by atoms with Crippen LogP contribution in [0.1, 0.15) is 31.2 Å². The fourth-order valence-corrected chi connectivity index (χ4v) is 3.97. The number of nitrogens with two attached hydrogens (primary N) is 1. The number of hydrogen-bond acceptors (Lipinski definition) is 5. The lowest BCUT2D eigenvalue weighted by atomic mass is 10.1. The number of ether oxygens (including phenoxy) is 1. The van der Waals surface area contributed by atoms with Crippen molar-refractivity contribution in [2.75, 3.05) is 36.5 Å². The van der Waals surface area contributed by atoms with Gasteiger partial charge in [-0.1, -0.05) is 0 Å². The van der Waals surface area contributed by atoms with Gasteiger partial charge < -0.3 is 20.7 Å². The molecule has 3 amide bonds. The van der Waals surface area contributed by atoms with E-state index in [1.807, 2.05) is 0 Å². The minimum absolute atomic E-state index is 0.00508. The van der Waals surface area contributed by atoms with E-state index in [1.54, 1.807) is 4.90 Å². The van der Waals surface area contributed by atoms with Crippen LogP contribution in [0, 0.1) is 5.92 Å². The van der Waals surface area contributed by atoms with E-state index < -0.39 is 35.5 Å². The molecule has 3 aliphatic rings. The highest BCUT2D eigenvalue weighted by Crippen LogP contribution is 2.39. The number of benzene rings is 1. The van der Waals surface area contributed by atoms with Crippen LogP contribution in [-0.4, -0.2) is 61.0 Å². The summed E-state index contributed by atoms with van der Waals surface area (Å²) in [4.78, 5) is 39.9. The number of morpholine rings is 1. The normalized spacial score (nSPS) is 20.4. The van der Waals surface area contributed by atoms with E-state index in [0.29, 0.717) is 12.5 Å². The standard InChI is InChI=1S/C21H25F3N4O4/c22-21(23,24)15-9-13(3-6-16(15)27-7-8-32-11-17(27)29)26-20(31)18(19(25)30)28(14-4-5-14)10-12-1-2-12/h3,6,9,12,14,18H,1-2,4-5,7-8,10-11H2,(H2,25,30)(H,26,31)/t18-/m0/s1. The van der Waals surface area contributed by atoms with Gasteiger partial charge in [0.05, 0.1) is 17.9 Å². The molecule has 0 unspecified atom stereocenters. The van der Waals surface area contributed by atoms with E-state index in [9.17, 15) is 27.6 Å². The Balaban J connectivity index is 1.57. The first-order chi connectivity index (χ1) is 15.1. The number of alkyl halides is 3. The second-order valence-corrected chi connectivity index (χ2v) is 8.49. The largest absolute Gasteiger partial charge is 0.418 e. The van der Waals surface area contributed by atoms with Crippen LogP contribution >= 0.6 is 0 Å². The maximum absolute atomic E-state index is 13.8. The Morgan fingerprint density at radius 3 is 2.53 bits per heavy atom. The summed E-state index contributed by atoms with van der Waals surface area (Å²) in [5, 5.41) is 2.42. The molecule has 0 aromatic heterocycles. The average Bonchev–Trinajstić information content (AvgIpc) is 3.61. The molecule has 1 atom stereocenters. The number of nitrogens with one attached hydrogen (secondary N) is 1. The summed E-state index contributed by atoms with van der Waals surface area (Å²) in [6, 6.07) is 2.03. The number of rotatable bonds is 8. The third-order valence-electron chi connectivity index (χ3n) is 5.88. The average molecular weight is 454 g/mol. The zero-order valence-corrected chi connectivity index (χ0v) is 17.4. The molecule has 0 bridgehead atoms. The Morgan fingerprint density at radius 2 is 1.97 bits per heavy atom. The lowest BCUT2D eigenvalue weighted by Gasteiger charge is -2.30. The second kappa shape index (κ2) is 8.70. The highest BCUT2D eigenvalue weighted by molar-refractivity contribution is 6.09. The zero-order chi connectivity index (χ0) is 23.0. The van der Waals surface area contributed by atoms with Gasteiger partial charge >= 0.3 is 6.18 Å². The van der Waals surface area contributed by atoms with Crippen LogP contribution in [0.3, 0.4) is 0 Å². The zero-order valence-electron chi connectivity index (χ0n) is 17.4. The molecule has 3 fully saturated rings. The minimum atomic E-state index is -4.76. The summed E-state index contributed by atoms with van der Waals surface area (Å²) >= 11 is 0. The molecule has 1 aromatic rings. The number of hydrogen-bond donors (Lipinski definition) is 2. The first-order valence-electron chi connectivity index (χ1n) is 10.6. The van der Waals surface area contributed by atoms with Gasteiger partial charge in [-0.3, -0.25) is 19.3 Å². The number of carbonyl (C=O) groups is 3. The van der Waals surface area contributed by atoms with Crippen LogP contribution in [0.25, 0.3) is 0 Å². The molecule has 2 aliphatic carbocycles. The lowest BCUT2D eigenvalue weighted by Crippen LogP contribution is -2.53. The van der Waals surface area contributed by atoms with E-state index in [4.69, 9.17) is 10.5 Å². The van der Waals surface area contributed by atoms with Crippen molar-refractivity contribution in [2.45, 2.75) is 43.9 Å². The Morgan fingerprint density at radius 1 is 1.25 bits per heavy atom. The monoisotopic (exact) mass is 454 g/mol. The summed E-state index contributed by atoms with van der Waals surface area (Å²) in [5.41, 5.74) is 4.03. The van der Waals surface area contributed by atoms with Crippen molar-refractivity contribution in [3.63, 3.8) is 0 Å². The number of halogens is 3. The third-order valence-corrected chi connectivity index (χ3v) is 5.88. The molecule has 1 heterocycles. The first kappa shape index (κ1) is 22.5. The Kier molecular flexibility index (Phi) is 6.13. The molecule has 1 aliphatic heterocycles. The third kappa shape index (κ3) is 5.04. The van der Waals surface area contributed by atoms with Gasteiger partial charge in [0.1, 0.15) is 6.61 Å². The predicted octanol–water partition coefficient (Wildman–Crippen LogP) is 1.74. The maximum atomic E-state index is 13.8. The second-order valence-electron chi connectivity index (χ2n) is 8.49. The van der Waals surface area contributed by atoms with Crippen LogP contribution in [-0.2, 0) is 25.3 Å². The van der Waals surface area contributed by atoms with Crippen LogP contribution in [0.4, 0.5) is 24.5 Å². The number of anilines is 2. The van der Waals surface area contributed by atoms with E-state index in [1.165, 1.54) is 6.07 Å². The maximum Gasteiger partial charge on any atom is 0.418 e. The van der Waals surface area contributed by atoms with Gasteiger partial charge in [0.2, 0.25) is 5.91 Å². The molecule has 1 saturated heterocycles. The Labute approximate surface area is 182 Å². The van der Waals surface area contributed by atoms with Gasteiger partial charge in [-0.25, -0.2) is 0 Å². The van der Waals surface area contributed by atoms with Crippen LogP contribution in [0.15, 0.2) is 18.2 Å². The molecule has 4 rings (SSSR count). The van der Waals surface area contributed by atoms with Gasteiger partial charge in [-0.15, -0.1) is 0 Å². The molecule has 1 aromatic carbocycles. The van der Waals surface area contributed by atoms with Crippen molar-refractivity contribution in [3.05, 3.63) is 23.8 Å². The first-order valence-corrected chi connectivity index (χ1v) is 10.6. The van der Waals surface area contributed by atoms with E-state index in [0.717, 1.165) is 42.7 Å². The number of carbonyl (C=O) groups excluding carboxylic acids is 3. The van der Waals surface area contributed by atoms with E-state index >= 15 is 0 Å². The SMILES string of the molecule is NC(=O)[C@@H](C(=O)Nc1ccc(N2CCOCC2=O)c(C(F)(F)F)c1)N(CC1CC1)C1CC1.